The highest BCUT2D eigenvalue weighted by Crippen LogP contribution is 2.16. The van der Waals surface area contributed by atoms with E-state index in [1.54, 1.807) is 14.2 Å². The average Bonchev–Trinajstić information content (AvgIpc) is 2.65. The van der Waals surface area contributed by atoms with Crippen LogP contribution < -0.4 is 20.1 Å². The largest absolute Gasteiger partial charge is 0.496 e. The lowest BCUT2D eigenvalue weighted by molar-refractivity contribution is 0.311. The molecule has 2 aromatic rings. The average molecular weight is 455 g/mol. The summed E-state index contributed by atoms with van der Waals surface area (Å²) in [6.07, 6.45) is 0.893. The first-order valence-corrected chi connectivity index (χ1v) is 8.07. The van der Waals surface area contributed by atoms with Crippen molar-refractivity contribution >= 4 is 29.9 Å². The number of ether oxygens (including phenoxy) is 2. The lowest BCUT2D eigenvalue weighted by atomic mass is 10.2. The van der Waals surface area contributed by atoms with E-state index in [4.69, 9.17) is 9.47 Å². The summed E-state index contributed by atoms with van der Waals surface area (Å²) in [5, 5.41) is 6.57. The van der Waals surface area contributed by atoms with Gasteiger partial charge in [-0.1, -0.05) is 36.4 Å². The van der Waals surface area contributed by atoms with Crippen molar-refractivity contribution in [3.63, 3.8) is 0 Å². The van der Waals surface area contributed by atoms with Crippen molar-refractivity contribution in [2.24, 2.45) is 4.99 Å². The number of guanidine groups is 1. The molecule has 0 aliphatic heterocycles. The molecule has 0 fully saturated rings. The van der Waals surface area contributed by atoms with Crippen LogP contribution in [0.4, 0.5) is 0 Å². The normalized spacial score (nSPS) is 10.6. The molecule has 0 atom stereocenters. The van der Waals surface area contributed by atoms with E-state index < -0.39 is 0 Å². The third-order valence-corrected chi connectivity index (χ3v) is 3.49. The minimum Gasteiger partial charge on any atom is -0.496 e. The van der Waals surface area contributed by atoms with Crippen LogP contribution in [0.15, 0.2) is 59.6 Å². The van der Waals surface area contributed by atoms with Gasteiger partial charge in [-0.3, -0.25) is 4.99 Å². The Hall–Kier alpha value is -1.96. The maximum absolute atomic E-state index is 5.66. The number of benzene rings is 2. The third kappa shape index (κ3) is 7.64. The molecule has 5 nitrogen and oxygen atoms in total. The molecule has 2 rings (SSSR count). The smallest absolute Gasteiger partial charge is 0.191 e. The van der Waals surface area contributed by atoms with E-state index in [9.17, 15) is 0 Å². The van der Waals surface area contributed by atoms with Crippen molar-refractivity contribution in [2.75, 3.05) is 27.3 Å². The second-order valence-electron chi connectivity index (χ2n) is 5.18. The summed E-state index contributed by atoms with van der Waals surface area (Å²) in [5.74, 6) is 2.54. The Morgan fingerprint density at radius 2 is 1.72 bits per heavy atom. The molecular weight excluding hydrogens is 429 g/mol. The predicted octanol–water partition coefficient (Wildman–Crippen LogP) is 3.45. The fourth-order valence-corrected chi connectivity index (χ4v) is 2.23. The van der Waals surface area contributed by atoms with E-state index in [1.807, 2.05) is 54.6 Å². The van der Waals surface area contributed by atoms with Crippen LogP contribution in [0.25, 0.3) is 0 Å². The van der Waals surface area contributed by atoms with Crippen LogP contribution in [0.5, 0.6) is 11.5 Å². The van der Waals surface area contributed by atoms with Crippen LogP contribution in [0.1, 0.15) is 12.0 Å². The van der Waals surface area contributed by atoms with Gasteiger partial charge in [0.25, 0.3) is 0 Å². The highest BCUT2D eigenvalue weighted by Gasteiger charge is 2.03. The minimum atomic E-state index is 0. The van der Waals surface area contributed by atoms with E-state index in [2.05, 4.69) is 15.6 Å². The van der Waals surface area contributed by atoms with Gasteiger partial charge in [0.1, 0.15) is 11.5 Å². The zero-order valence-electron chi connectivity index (χ0n) is 14.7. The van der Waals surface area contributed by atoms with Gasteiger partial charge < -0.3 is 20.1 Å². The van der Waals surface area contributed by atoms with E-state index in [-0.39, 0.29) is 24.0 Å². The van der Waals surface area contributed by atoms with E-state index in [0.29, 0.717) is 13.2 Å². The lowest BCUT2D eigenvalue weighted by Crippen LogP contribution is -2.37. The van der Waals surface area contributed by atoms with Gasteiger partial charge in [-0.15, -0.1) is 24.0 Å². The molecule has 25 heavy (non-hydrogen) atoms. The summed E-state index contributed by atoms with van der Waals surface area (Å²) in [5.41, 5.74) is 1.09. The Kier molecular flexibility index (Phi) is 10.5. The van der Waals surface area contributed by atoms with Gasteiger partial charge in [0.2, 0.25) is 0 Å². The molecule has 0 unspecified atom stereocenters. The second-order valence-corrected chi connectivity index (χ2v) is 5.18. The van der Waals surface area contributed by atoms with E-state index in [0.717, 1.165) is 36.0 Å². The van der Waals surface area contributed by atoms with Crippen molar-refractivity contribution < 1.29 is 9.47 Å². The van der Waals surface area contributed by atoms with Crippen LogP contribution in [0, 0.1) is 0 Å². The molecule has 2 N–H and O–H groups in total. The van der Waals surface area contributed by atoms with Crippen molar-refractivity contribution in [3.05, 3.63) is 60.2 Å². The van der Waals surface area contributed by atoms with Crippen molar-refractivity contribution in [2.45, 2.75) is 13.0 Å². The maximum atomic E-state index is 5.66. The zero-order chi connectivity index (χ0) is 17.0. The van der Waals surface area contributed by atoms with Gasteiger partial charge in [-0.05, 0) is 24.6 Å². The molecule has 136 valence electrons. The SMILES string of the molecule is CN=C(NCCCOc1ccccc1)NCc1ccccc1OC.I. The number of nitrogens with zero attached hydrogens (tertiary/aromatic N) is 1. The number of rotatable bonds is 8. The number of methoxy groups -OCH3 is 1. The monoisotopic (exact) mass is 455 g/mol. The first kappa shape index (κ1) is 21.1. The van der Waals surface area contributed by atoms with Gasteiger partial charge >= 0.3 is 0 Å². The molecule has 0 spiro atoms. The highest BCUT2D eigenvalue weighted by atomic mass is 127. The summed E-state index contributed by atoms with van der Waals surface area (Å²) >= 11 is 0. The molecule has 0 aliphatic carbocycles. The molecular formula is C19H26IN3O2. The van der Waals surface area contributed by atoms with E-state index in [1.165, 1.54) is 0 Å². The molecule has 0 saturated heterocycles. The highest BCUT2D eigenvalue weighted by molar-refractivity contribution is 14.0. The third-order valence-electron chi connectivity index (χ3n) is 3.49. The molecule has 0 aromatic heterocycles. The van der Waals surface area contributed by atoms with Crippen molar-refractivity contribution in [1.29, 1.82) is 0 Å². The lowest BCUT2D eigenvalue weighted by Gasteiger charge is -2.14. The van der Waals surface area contributed by atoms with Gasteiger partial charge in [0, 0.05) is 25.7 Å². The van der Waals surface area contributed by atoms with Gasteiger partial charge in [-0.2, -0.15) is 0 Å². The van der Waals surface area contributed by atoms with Crippen LogP contribution in [0.2, 0.25) is 0 Å². The Bertz CT molecular complexity index is 636. The molecule has 0 aliphatic rings. The molecule has 0 heterocycles. The van der Waals surface area contributed by atoms with Crippen LogP contribution >= 0.6 is 24.0 Å². The Morgan fingerprint density at radius 3 is 2.44 bits per heavy atom. The van der Waals surface area contributed by atoms with Gasteiger partial charge in [-0.25, -0.2) is 0 Å². The predicted molar refractivity (Wildman–Crippen MR) is 113 cm³/mol. The zero-order valence-corrected chi connectivity index (χ0v) is 17.0. The number of aliphatic imine (C=N–C) groups is 1. The van der Waals surface area contributed by atoms with Crippen molar-refractivity contribution in [3.8, 4) is 11.5 Å². The molecule has 0 amide bonds. The molecule has 0 bridgehead atoms. The van der Waals surface area contributed by atoms with Crippen LogP contribution in [-0.4, -0.2) is 33.3 Å². The van der Waals surface area contributed by atoms with Gasteiger partial charge in [0.15, 0.2) is 5.96 Å². The number of hydrogen-bond donors (Lipinski definition) is 2. The number of halogens is 1. The summed E-state index contributed by atoms with van der Waals surface area (Å²) < 4.78 is 11.0. The van der Waals surface area contributed by atoms with Crippen LogP contribution in [0.3, 0.4) is 0 Å². The fraction of sp³-hybridized carbons (Fsp3) is 0.316. The summed E-state index contributed by atoms with van der Waals surface area (Å²) in [6.45, 7) is 2.11. The number of para-hydroxylation sites is 2. The minimum absolute atomic E-state index is 0. The molecule has 2 aromatic carbocycles. The molecule has 0 radical (unpaired) electrons. The summed E-state index contributed by atoms with van der Waals surface area (Å²) in [6, 6.07) is 17.8. The Balaban J connectivity index is 0.00000312. The topological polar surface area (TPSA) is 54.9 Å². The maximum Gasteiger partial charge on any atom is 0.191 e. The quantitative estimate of drug-likeness (QED) is 0.277. The standard InChI is InChI=1S/C19H25N3O2.HI/c1-20-19(22-15-16-9-6-7-12-18(16)23-2)21-13-8-14-24-17-10-4-3-5-11-17;/h3-7,9-12H,8,13-15H2,1-2H3,(H2,20,21,22);1H. The first-order valence-electron chi connectivity index (χ1n) is 8.07. The van der Waals surface area contributed by atoms with Crippen molar-refractivity contribution in [1.82, 2.24) is 10.6 Å². The molecule has 6 heteroatoms. The summed E-state index contributed by atoms with van der Waals surface area (Å²) in [7, 11) is 3.44. The number of nitrogens with one attached hydrogen (secondary N) is 2. The molecule has 0 saturated carbocycles. The Labute approximate surface area is 166 Å². The van der Waals surface area contributed by atoms with Crippen LogP contribution in [-0.2, 0) is 6.54 Å². The second kappa shape index (κ2) is 12.4. The summed E-state index contributed by atoms with van der Waals surface area (Å²) in [4.78, 5) is 4.23. The van der Waals surface area contributed by atoms with E-state index >= 15 is 0 Å². The van der Waals surface area contributed by atoms with Gasteiger partial charge in [0.05, 0.1) is 13.7 Å². The Morgan fingerprint density at radius 1 is 1.00 bits per heavy atom. The number of hydrogen-bond acceptors (Lipinski definition) is 3. The fourth-order valence-electron chi connectivity index (χ4n) is 2.23. The first-order chi connectivity index (χ1) is 11.8.